The van der Waals surface area contributed by atoms with Crippen molar-refractivity contribution >= 4 is 17.7 Å². The van der Waals surface area contributed by atoms with E-state index in [2.05, 4.69) is 27.9 Å². The number of unbranched alkanes of at least 4 members (excludes halogenated alkanes) is 1. The second kappa shape index (κ2) is 10.6. The van der Waals surface area contributed by atoms with E-state index in [1.807, 2.05) is 45.0 Å². The minimum absolute atomic E-state index is 0.441. The molecule has 0 unspecified atom stereocenters. The molecule has 0 heterocycles. The maximum Gasteiger partial charge on any atom is 0.412 e. The molecule has 0 aromatic heterocycles. The van der Waals surface area contributed by atoms with Crippen LogP contribution in [-0.2, 0) is 11.2 Å². The van der Waals surface area contributed by atoms with Crippen molar-refractivity contribution in [2.45, 2.75) is 52.6 Å². The molecule has 0 aliphatic rings. The van der Waals surface area contributed by atoms with Gasteiger partial charge in [0, 0.05) is 25.8 Å². The van der Waals surface area contributed by atoms with E-state index >= 15 is 0 Å². The zero-order valence-corrected chi connectivity index (χ0v) is 16.1. The number of carbonyl (C=O) groups excluding carboxylic acids is 1. The van der Waals surface area contributed by atoms with E-state index in [-0.39, 0.29) is 0 Å². The number of ether oxygens (including phenoxy) is 1. The molecule has 0 radical (unpaired) electrons. The van der Waals surface area contributed by atoms with Crippen molar-refractivity contribution in [2.24, 2.45) is 4.99 Å². The van der Waals surface area contributed by atoms with Gasteiger partial charge >= 0.3 is 6.09 Å². The Kier molecular flexibility index (Phi) is 8.81. The van der Waals surface area contributed by atoms with E-state index in [9.17, 15) is 4.79 Å². The Balaban J connectivity index is 2.38. The molecular weight excluding hydrogens is 316 g/mol. The normalized spacial score (nSPS) is 11.8. The highest BCUT2D eigenvalue weighted by Gasteiger charge is 2.15. The van der Waals surface area contributed by atoms with Crippen molar-refractivity contribution in [3.63, 3.8) is 0 Å². The Morgan fingerprint density at radius 2 is 1.76 bits per heavy atom. The standard InChI is InChI=1S/C19H32N4O2/c1-6-7-13-21-17(20-5)22-14-12-15-8-10-16(11-9-15)23-18(24)25-19(2,3)4/h8-11H,6-7,12-14H2,1-5H3,(H,23,24)(H2,20,21,22). The first-order valence-electron chi connectivity index (χ1n) is 8.87. The third kappa shape index (κ3) is 9.59. The molecule has 0 aliphatic carbocycles. The lowest BCUT2D eigenvalue weighted by Gasteiger charge is -2.19. The summed E-state index contributed by atoms with van der Waals surface area (Å²) in [5.74, 6) is 0.830. The average Bonchev–Trinajstić information content (AvgIpc) is 2.53. The number of hydrogen-bond acceptors (Lipinski definition) is 3. The number of nitrogens with zero attached hydrogens (tertiary/aromatic N) is 1. The second-order valence-electron chi connectivity index (χ2n) is 6.85. The van der Waals surface area contributed by atoms with Crippen LogP contribution in [0, 0.1) is 0 Å². The first-order valence-corrected chi connectivity index (χ1v) is 8.87. The van der Waals surface area contributed by atoms with Crippen LogP contribution in [0.4, 0.5) is 10.5 Å². The smallest absolute Gasteiger partial charge is 0.412 e. The molecule has 0 saturated heterocycles. The quantitative estimate of drug-likeness (QED) is 0.400. The largest absolute Gasteiger partial charge is 0.444 e. The van der Waals surface area contributed by atoms with Gasteiger partial charge in [-0.2, -0.15) is 0 Å². The van der Waals surface area contributed by atoms with Gasteiger partial charge < -0.3 is 15.4 Å². The number of rotatable bonds is 7. The number of hydrogen-bond donors (Lipinski definition) is 3. The van der Waals surface area contributed by atoms with Gasteiger partial charge in [-0.15, -0.1) is 0 Å². The molecule has 6 nitrogen and oxygen atoms in total. The monoisotopic (exact) mass is 348 g/mol. The lowest BCUT2D eigenvalue weighted by atomic mass is 10.1. The van der Waals surface area contributed by atoms with Crippen molar-refractivity contribution < 1.29 is 9.53 Å². The molecule has 0 saturated carbocycles. The molecule has 0 atom stereocenters. The maximum absolute atomic E-state index is 11.7. The summed E-state index contributed by atoms with van der Waals surface area (Å²) in [5, 5.41) is 9.31. The van der Waals surface area contributed by atoms with Gasteiger partial charge in [0.05, 0.1) is 0 Å². The summed E-state index contributed by atoms with van der Waals surface area (Å²) >= 11 is 0. The van der Waals surface area contributed by atoms with Crippen LogP contribution in [0.25, 0.3) is 0 Å². The first-order chi connectivity index (χ1) is 11.8. The predicted octanol–water partition coefficient (Wildman–Crippen LogP) is 3.54. The summed E-state index contributed by atoms with van der Waals surface area (Å²) < 4.78 is 5.24. The Morgan fingerprint density at radius 3 is 2.32 bits per heavy atom. The summed E-state index contributed by atoms with van der Waals surface area (Å²) in [6.45, 7) is 9.42. The fourth-order valence-electron chi connectivity index (χ4n) is 2.11. The number of aliphatic imine (C=N–C) groups is 1. The topological polar surface area (TPSA) is 74.8 Å². The highest BCUT2D eigenvalue weighted by molar-refractivity contribution is 5.84. The van der Waals surface area contributed by atoms with Gasteiger partial charge in [-0.1, -0.05) is 25.5 Å². The van der Waals surface area contributed by atoms with Crippen LogP contribution >= 0.6 is 0 Å². The molecule has 0 spiro atoms. The number of guanidine groups is 1. The SMILES string of the molecule is CCCCNC(=NC)NCCc1ccc(NC(=O)OC(C)(C)C)cc1. The third-order valence-corrected chi connectivity index (χ3v) is 3.35. The van der Waals surface area contributed by atoms with E-state index in [0.29, 0.717) is 0 Å². The molecule has 140 valence electrons. The summed E-state index contributed by atoms with van der Waals surface area (Å²) in [4.78, 5) is 15.9. The van der Waals surface area contributed by atoms with Gasteiger partial charge in [0.2, 0.25) is 0 Å². The number of nitrogens with one attached hydrogen (secondary N) is 3. The molecule has 1 aromatic rings. The van der Waals surface area contributed by atoms with Crippen LogP contribution in [0.15, 0.2) is 29.3 Å². The fourth-order valence-corrected chi connectivity index (χ4v) is 2.11. The van der Waals surface area contributed by atoms with Gasteiger partial charge in [-0.25, -0.2) is 4.79 Å². The number of amides is 1. The second-order valence-corrected chi connectivity index (χ2v) is 6.85. The predicted molar refractivity (Wildman–Crippen MR) is 104 cm³/mol. The van der Waals surface area contributed by atoms with E-state index < -0.39 is 11.7 Å². The van der Waals surface area contributed by atoms with Gasteiger partial charge in [-0.05, 0) is 51.3 Å². The Hall–Kier alpha value is -2.24. The van der Waals surface area contributed by atoms with Gasteiger partial charge in [0.25, 0.3) is 0 Å². The number of carbonyl (C=O) groups is 1. The average molecular weight is 348 g/mol. The van der Waals surface area contributed by atoms with Crippen molar-refractivity contribution in [1.29, 1.82) is 0 Å². The van der Waals surface area contributed by atoms with Gasteiger partial charge in [0.15, 0.2) is 5.96 Å². The zero-order chi connectivity index (χ0) is 18.7. The van der Waals surface area contributed by atoms with Crippen molar-refractivity contribution in [3.05, 3.63) is 29.8 Å². The molecule has 0 aliphatic heterocycles. The molecule has 6 heteroatoms. The minimum Gasteiger partial charge on any atom is -0.444 e. The molecule has 1 aromatic carbocycles. The molecule has 3 N–H and O–H groups in total. The van der Waals surface area contributed by atoms with Crippen molar-refractivity contribution in [1.82, 2.24) is 10.6 Å². The van der Waals surface area contributed by atoms with E-state index in [0.717, 1.165) is 44.0 Å². The lowest BCUT2D eigenvalue weighted by molar-refractivity contribution is 0.0636. The molecule has 1 amide bonds. The third-order valence-electron chi connectivity index (χ3n) is 3.35. The van der Waals surface area contributed by atoms with E-state index in [1.54, 1.807) is 7.05 Å². The van der Waals surface area contributed by atoms with Crippen LogP contribution in [0.3, 0.4) is 0 Å². The molecule has 25 heavy (non-hydrogen) atoms. The van der Waals surface area contributed by atoms with Crippen molar-refractivity contribution in [3.8, 4) is 0 Å². The Labute approximate surface area is 151 Å². The first kappa shape index (κ1) is 20.8. The summed E-state index contributed by atoms with van der Waals surface area (Å²) in [7, 11) is 1.78. The van der Waals surface area contributed by atoms with Gasteiger partial charge in [0.1, 0.15) is 5.60 Å². The highest BCUT2D eigenvalue weighted by atomic mass is 16.6. The highest BCUT2D eigenvalue weighted by Crippen LogP contribution is 2.13. The lowest BCUT2D eigenvalue weighted by Crippen LogP contribution is -2.38. The van der Waals surface area contributed by atoms with Crippen LogP contribution in [-0.4, -0.2) is 37.8 Å². The van der Waals surface area contributed by atoms with E-state index in [1.165, 1.54) is 5.56 Å². The Morgan fingerprint density at radius 1 is 1.12 bits per heavy atom. The summed E-state index contributed by atoms with van der Waals surface area (Å²) in [6, 6.07) is 7.77. The fraction of sp³-hybridized carbons (Fsp3) is 0.579. The molecule has 1 rings (SSSR count). The van der Waals surface area contributed by atoms with Gasteiger partial charge in [-0.3, -0.25) is 10.3 Å². The van der Waals surface area contributed by atoms with Crippen LogP contribution in [0.1, 0.15) is 46.1 Å². The minimum atomic E-state index is -0.501. The Bertz CT molecular complexity index is 548. The van der Waals surface area contributed by atoms with Crippen LogP contribution in [0.5, 0.6) is 0 Å². The van der Waals surface area contributed by atoms with Crippen LogP contribution in [0.2, 0.25) is 0 Å². The van der Waals surface area contributed by atoms with Crippen molar-refractivity contribution in [2.75, 3.05) is 25.5 Å². The number of benzene rings is 1. The summed E-state index contributed by atoms with van der Waals surface area (Å²) in [6.07, 6.45) is 2.73. The number of anilines is 1. The molecule has 0 fully saturated rings. The van der Waals surface area contributed by atoms with E-state index in [4.69, 9.17) is 4.74 Å². The molecule has 0 bridgehead atoms. The summed E-state index contributed by atoms with van der Waals surface area (Å²) in [5.41, 5.74) is 1.41. The molecular formula is C19H32N4O2. The maximum atomic E-state index is 11.7. The zero-order valence-electron chi connectivity index (χ0n) is 16.1. The van der Waals surface area contributed by atoms with Crippen LogP contribution < -0.4 is 16.0 Å².